The fourth-order valence-electron chi connectivity index (χ4n) is 0.527. The molecule has 10 heavy (non-hydrogen) atoms. The van der Waals surface area contributed by atoms with Gasteiger partial charge in [-0.3, -0.25) is 0 Å². The van der Waals surface area contributed by atoms with Gasteiger partial charge in [-0.15, -0.1) is 0 Å². The molecule has 0 heterocycles. The molecule has 0 spiro atoms. The van der Waals surface area contributed by atoms with Gasteiger partial charge >= 0.3 is 6.18 Å². The van der Waals surface area contributed by atoms with Gasteiger partial charge in [-0.2, -0.15) is 13.2 Å². The monoisotopic (exact) mass is 155 g/mol. The van der Waals surface area contributed by atoms with Crippen LogP contribution in [0.15, 0.2) is 0 Å². The van der Waals surface area contributed by atoms with Gasteiger partial charge < -0.3 is 5.73 Å². The van der Waals surface area contributed by atoms with E-state index in [2.05, 4.69) is 0 Å². The smallest absolute Gasteiger partial charge is 0.330 e. The summed E-state index contributed by atoms with van der Waals surface area (Å²) in [6.45, 7) is 2.73. The highest BCUT2D eigenvalue weighted by atomic mass is 19.4. The zero-order valence-electron chi connectivity index (χ0n) is 6.07. The summed E-state index contributed by atoms with van der Waals surface area (Å²) in [5, 5.41) is 0. The lowest BCUT2D eigenvalue weighted by molar-refractivity contribution is -0.180. The number of hydrogen-bond acceptors (Lipinski definition) is 1. The molecular formula is C6H12F3N. The first kappa shape index (κ1) is 9.75. The van der Waals surface area contributed by atoms with E-state index in [9.17, 15) is 13.2 Å². The van der Waals surface area contributed by atoms with Gasteiger partial charge in [-0.1, -0.05) is 13.8 Å². The van der Waals surface area contributed by atoms with Gasteiger partial charge in [0.2, 0.25) is 0 Å². The molecule has 0 aromatic heterocycles. The van der Waals surface area contributed by atoms with Crippen LogP contribution < -0.4 is 5.73 Å². The molecule has 2 atom stereocenters. The second-order valence-corrected chi connectivity index (χ2v) is 2.54. The van der Waals surface area contributed by atoms with Crippen LogP contribution in [-0.4, -0.2) is 12.7 Å². The van der Waals surface area contributed by atoms with Gasteiger partial charge in [0.25, 0.3) is 0 Å². The lowest BCUT2D eigenvalue weighted by Crippen LogP contribution is -2.30. The van der Waals surface area contributed by atoms with Crippen molar-refractivity contribution in [3.8, 4) is 0 Å². The fraction of sp³-hybridized carbons (Fsp3) is 1.00. The van der Waals surface area contributed by atoms with E-state index in [4.69, 9.17) is 5.73 Å². The van der Waals surface area contributed by atoms with E-state index < -0.39 is 18.0 Å². The van der Waals surface area contributed by atoms with Crippen molar-refractivity contribution >= 4 is 0 Å². The van der Waals surface area contributed by atoms with Crippen LogP contribution in [0.4, 0.5) is 13.2 Å². The number of halogens is 3. The Balaban J connectivity index is 3.94. The highest BCUT2D eigenvalue weighted by Crippen LogP contribution is 2.30. The maximum atomic E-state index is 11.8. The molecule has 4 heteroatoms. The molecule has 0 aliphatic rings. The Morgan fingerprint density at radius 1 is 1.30 bits per heavy atom. The standard InChI is InChI=1S/C6H12F3N/c1-4(3-10)5(2)6(7,8)9/h4-5H,3,10H2,1-2H3. The normalized spacial score (nSPS) is 18.6. The molecule has 0 amide bonds. The summed E-state index contributed by atoms with van der Waals surface area (Å²) < 4.78 is 35.5. The lowest BCUT2D eigenvalue weighted by atomic mass is 9.96. The van der Waals surface area contributed by atoms with E-state index in [0.717, 1.165) is 6.92 Å². The molecule has 62 valence electrons. The van der Waals surface area contributed by atoms with Gasteiger partial charge in [-0.05, 0) is 12.5 Å². The van der Waals surface area contributed by atoms with Crippen molar-refractivity contribution in [2.75, 3.05) is 6.54 Å². The third kappa shape index (κ3) is 2.56. The van der Waals surface area contributed by atoms with Crippen LogP contribution in [0.2, 0.25) is 0 Å². The first-order valence-corrected chi connectivity index (χ1v) is 3.16. The van der Waals surface area contributed by atoms with E-state index in [1.54, 1.807) is 0 Å². The van der Waals surface area contributed by atoms with Crippen LogP contribution in [0.3, 0.4) is 0 Å². The Kier molecular flexibility index (Phi) is 3.15. The van der Waals surface area contributed by atoms with Crippen molar-refractivity contribution in [1.82, 2.24) is 0 Å². The largest absolute Gasteiger partial charge is 0.391 e. The number of alkyl halides is 3. The molecule has 1 nitrogen and oxygen atoms in total. The first-order chi connectivity index (χ1) is 4.39. The molecular weight excluding hydrogens is 143 g/mol. The summed E-state index contributed by atoms with van der Waals surface area (Å²) in [5.74, 6) is -1.78. The molecule has 2 N–H and O–H groups in total. The van der Waals surface area contributed by atoms with Crippen molar-refractivity contribution in [2.45, 2.75) is 20.0 Å². The van der Waals surface area contributed by atoms with Crippen molar-refractivity contribution in [2.24, 2.45) is 17.6 Å². The van der Waals surface area contributed by atoms with Crippen LogP contribution in [0.1, 0.15) is 13.8 Å². The quantitative estimate of drug-likeness (QED) is 0.646. The Hall–Kier alpha value is -0.250. The summed E-state index contributed by atoms with van der Waals surface area (Å²) >= 11 is 0. The third-order valence-corrected chi connectivity index (χ3v) is 1.74. The summed E-state index contributed by atoms with van der Waals surface area (Å²) in [4.78, 5) is 0. The molecule has 0 fully saturated rings. The van der Waals surface area contributed by atoms with Crippen LogP contribution in [-0.2, 0) is 0 Å². The number of hydrogen-bond donors (Lipinski definition) is 1. The Bertz CT molecular complexity index is 99.7. The Morgan fingerprint density at radius 2 is 1.70 bits per heavy atom. The van der Waals surface area contributed by atoms with E-state index >= 15 is 0 Å². The van der Waals surface area contributed by atoms with E-state index in [1.165, 1.54) is 6.92 Å². The molecule has 0 saturated heterocycles. The zero-order valence-corrected chi connectivity index (χ0v) is 6.07. The van der Waals surface area contributed by atoms with E-state index in [1.807, 2.05) is 0 Å². The molecule has 2 unspecified atom stereocenters. The molecule has 0 aromatic carbocycles. The molecule has 0 radical (unpaired) electrons. The maximum Gasteiger partial charge on any atom is 0.391 e. The minimum Gasteiger partial charge on any atom is -0.330 e. The predicted molar refractivity (Wildman–Crippen MR) is 33.4 cm³/mol. The average Bonchev–Trinajstić information content (AvgIpc) is 1.83. The van der Waals surface area contributed by atoms with Crippen molar-refractivity contribution in [3.63, 3.8) is 0 Å². The summed E-state index contributed by atoms with van der Waals surface area (Å²) in [7, 11) is 0. The Morgan fingerprint density at radius 3 is 1.80 bits per heavy atom. The number of nitrogens with two attached hydrogens (primary N) is 1. The third-order valence-electron chi connectivity index (χ3n) is 1.74. The minimum absolute atomic E-state index is 0.0840. The average molecular weight is 155 g/mol. The highest BCUT2D eigenvalue weighted by Gasteiger charge is 2.38. The van der Waals surface area contributed by atoms with Crippen molar-refractivity contribution in [1.29, 1.82) is 0 Å². The molecule has 0 bridgehead atoms. The zero-order chi connectivity index (χ0) is 8.36. The van der Waals surface area contributed by atoms with Crippen LogP contribution in [0.25, 0.3) is 0 Å². The number of rotatable bonds is 2. The molecule has 0 aromatic rings. The molecule has 0 aliphatic heterocycles. The van der Waals surface area contributed by atoms with E-state index in [0.29, 0.717) is 0 Å². The van der Waals surface area contributed by atoms with Crippen molar-refractivity contribution < 1.29 is 13.2 Å². The fourth-order valence-corrected chi connectivity index (χ4v) is 0.527. The first-order valence-electron chi connectivity index (χ1n) is 3.16. The summed E-state index contributed by atoms with van der Waals surface area (Å²) in [5.41, 5.74) is 5.07. The second kappa shape index (κ2) is 3.23. The van der Waals surface area contributed by atoms with Gasteiger partial charge in [0.05, 0.1) is 5.92 Å². The van der Waals surface area contributed by atoms with Crippen molar-refractivity contribution in [3.05, 3.63) is 0 Å². The lowest BCUT2D eigenvalue weighted by Gasteiger charge is -2.20. The van der Waals surface area contributed by atoms with Crippen LogP contribution in [0.5, 0.6) is 0 Å². The molecule has 0 rings (SSSR count). The molecule has 0 saturated carbocycles. The maximum absolute atomic E-state index is 11.8. The van der Waals surface area contributed by atoms with Gasteiger partial charge in [0, 0.05) is 0 Å². The molecule has 0 aliphatic carbocycles. The van der Waals surface area contributed by atoms with Gasteiger partial charge in [0.1, 0.15) is 0 Å². The van der Waals surface area contributed by atoms with E-state index in [-0.39, 0.29) is 6.54 Å². The predicted octanol–water partition coefficient (Wildman–Crippen LogP) is 1.78. The van der Waals surface area contributed by atoms with Gasteiger partial charge in [0.15, 0.2) is 0 Å². The Labute approximate surface area is 58.4 Å². The summed E-state index contributed by atoms with van der Waals surface area (Å²) in [6.07, 6.45) is -4.10. The second-order valence-electron chi connectivity index (χ2n) is 2.54. The highest BCUT2D eigenvalue weighted by molar-refractivity contribution is 4.68. The minimum atomic E-state index is -4.10. The topological polar surface area (TPSA) is 26.0 Å². The van der Waals surface area contributed by atoms with Crippen LogP contribution >= 0.6 is 0 Å². The van der Waals surface area contributed by atoms with Crippen LogP contribution in [0, 0.1) is 11.8 Å². The van der Waals surface area contributed by atoms with Gasteiger partial charge in [-0.25, -0.2) is 0 Å². The SMILES string of the molecule is CC(CN)C(C)C(F)(F)F. The summed E-state index contributed by atoms with van der Waals surface area (Å²) in [6, 6.07) is 0.